The van der Waals surface area contributed by atoms with Gasteiger partial charge in [-0.25, -0.2) is 0 Å². The first-order valence-corrected chi connectivity index (χ1v) is 10.5. The first kappa shape index (κ1) is 17.8. The van der Waals surface area contributed by atoms with E-state index in [4.69, 9.17) is 4.42 Å². The summed E-state index contributed by atoms with van der Waals surface area (Å²) >= 11 is 1.26. The average molecular weight is 378 g/mol. The lowest BCUT2D eigenvalue weighted by molar-refractivity contribution is -0.147. The molecule has 0 N–H and O–H groups in total. The summed E-state index contributed by atoms with van der Waals surface area (Å²) in [5.41, 5.74) is -0.344. The van der Waals surface area contributed by atoms with E-state index >= 15 is 0 Å². The Morgan fingerprint density at radius 1 is 1.27 bits per heavy atom. The van der Waals surface area contributed by atoms with Crippen LogP contribution in [-0.4, -0.2) is 63.7 Å². The molecule has 0 radical (unpaired) electrons. The number of carbonyl (C=O) groups is 2. The molecule has 3 heterocycles. The highest BCUT2D eigenvalue weighted by Crippen LogP contribution is 2.41. The number of aromatic nitrogens is 2. The second kappa shape index (κ2) is 7.21. The van der Waals surface area contributed by atoms with Crippen LogP contribution in [0.2, 0.25) is 0 Å². The summed E-state index contributed by atoms with van der Waals surface area (Å²) < 4.78 is 5.30. The van der Waals surface area contributed by atoms with Crippen LogP contribution in [0.1, 0.15) is 44.4 Å². The van der Waals surface area contributed by atoms with E-state index in [1.54, 1.807) is 6.92 Å². The minimum atomic E-state index is -0.344. The van der Waals surface area contributed by atoms with Crippen LogP contribution in [0.3, 0.4) is 0 Å². The smallest absolute Gasteiger partial charge is 0.277 e. The summed E-state index contributed by atoms with van der Waals surface area (Å²) in [6.45, 7) is 4.77. The Morgan fingerprint density at radius 2 is 2.12 bits per heavy atom. The van der Waals surface area contributed by atoms with Gasteiger partial charge < -0.3 is 14.2 Å². The summed E-state index contributed by atoms with van der Waals surface area (Å²) in [7, 11) is 0. The summed E-state index contributed by atoms with van der Waals surface area (Å²) in [6, 6.07) is 0. The van der Waals surface area contributed by atoms with Gasteiger partial charge in [-0.3, -0.25) is 9.59 Å². The highest BCUT2D eigenvalue weighted by molar-refractivity contribution is 7.99. The number of hydrogen-bond donors (Lipinski definition) is 0. The molecular formula is C18H26N4O3S. The summed E-state index contributed by atoms with van der Waals surface area (Å²) in [5.74, 6) is 1.80. The van der Waals surface area contributed by atoms with Gasteiger partial charge in [0.2, 0.25) is 17.7 Å². The van der Waals surface area contributed by atoms with E-state index in [0.29, 0.717) is 30.1 Å². The van der Waals surface area contributed by atoms with Crippen LogP contribution in [0.25, 0.3) is 0 Å². The summed E-state index contributed by atoms with van der Waals surface area (Å²) in [6.07, 6.45) is 6.57. The van der Waals surface area contributed by atoms with Gasteiger partial charge in [0.15, 0.2) is 0 Å². The van der Waals surface area contributed by atoms with Gasteiger partial charge in [0, 0.05) is 33.1 Å². The number of hydrogen-bond acceptors (Lipinski definition) is 6. The fourth-order valence-electron chi connectivity index (χ4n) is 4.33. The third-order valence-electron chi connectivity index (χ3n) is 6.06. The van der Waals surface area contributed by atoms with Crippen molar-refractivity contribution in [2.24, 2.45) is 11.3 Å². The lowest BCUT2D eigenvalue weighted by Crippen LogP contribution is -2.52. The van der Waals surface area contributed by atoms with Gasteiger partial charge in [-0.15, -0.1) is 10.2 Å². The van der Waals surface area contributed by atoms with Crippen LogP contribution in [0.15, 0.2) is 9.64 Å². The van der Waals surface area contributed by atoms with Crippen LogP contribution in [-0.2, 0) is 9.59 Å². The Morgan fingerprint density at radius 3 is 2.81 bits per heavy atom. The quantitative estimate of drug-likeness (QED) is 0.730. The Kier molecular flexibility index (Phi) is 4.94. The van der Waals surface area contributed by atoms with Gasteiger partial charge in [0.25, 0.3) is 5.22 Å². The van der Waals surface area contributed by atoms with Crippen molar-refractivity contribution < 1.29 is 14.0 Å². The maximum Gasteiger partial charge on any atom is 0.277 e. The fraction of sp³-hybridized carbons (Fsp3) is 0.778. The number of aryl methyl sites for hydroxylation is 1. The molecule has 0 aromatic carbocycles. The van der Waals surface area contributed by atoms with Crippen molar-refractivity contribution >= 4 is 23.6 Å². The number of nitrogens with zero attached hydrogens (tertiary/aromatic N) is 4. The van der Waals surface area contributed by atoms with Gasteiger partial charge in [0.1, 0.15) is 0 Å². The van der Waals surface area contributed by atoms with Crippen LogP contribution >= 0.6 is 11.8 Å². The molecule has 26 heavy (non-hydrogen) atoms. The van der Waals surface area contributed by atoms with E-state index in [1.165, 1.54) is 31.0 Å². The Bertz CT molecular complexity index is 690. The van der Waals surface area contributed by atoms with E-state index in [1.807, 2.05) is 4.90 Å². The van der Waals surface area contributed by atoms with Crippen molar-refractivity contribution in [1.82, 2.24) is 20.0 Å². The third kappa shape index (κ3) is 3.48. The predicted molar refractivity (Wildman–Crippen MR) is 96.5 cm³/mol. The fourth-order valence-corrected chi connectivity index (χ4v) is 5.04. The van der Waals surface area contributed by atoms with E-state index in [9.17, 15) is 9.59 Å². The number of amides is 2. The maximum absolute atomic E-state index is 13.1. The maximum atomic E-state index is 13.1. The third-order valence-corrected chi connectivity index (χ3v) is 6.86. The zero-order valence-corrected chi connectivity index (χ0v) is 16.1. The van der Waals surface area contributed by atoms with Crippen molar-refractivity contribution in [3.8, 4) is 0 Å². The van der Waals surface area contributed by atoms with Crippen LogP contribution in [0.4, 0.5) is 0 Å². The highest BCUT2D eigenvalue weighted by atomic mass is 32.2. The topological polar surface area (TPSA) is 79.5 Å². The zero-order valence-electron chi connectivity index (χ0n) is 15.3. The summed E-state index contributed by atoms with van der Waals surface area (Å²) in [4.78, 5) is 29.6. The molecule has 4 rings (SSSR count). The van der Waals surface area contributed by atoms with E-state index in [2.05, 4.69) is 15.1 Å². The molecule has 1 saturated carbocycles. The molecule has 2 amide bonds. The molecule has 1 aromatic heterocycles. The molecule has 7 nitrogen and oxygen atoms in total. The van der Waals surface area contributed by atoms with E-state index in [0.717, 1.165) is 32.4 Å². The van der Waals surface area contributed by atoms with Crippen molar-refractivity contribution in [3.05, 3.63) is 5.89 Å². The van der Waals surface area contributed by atoms with Gasteiger partial charge >= 0.3 is 0 Å². The first-order chi connectivity index (χ1) is 12.6. The number of thioether (sulfide) groups is 1. The molecule has 142 valence electrons. The lowest BCUT2D eigenvalue weighted by Gasteiger charge is -2.42. The van der Waals surface area contributed by atoms with Gasteiger partial charge in [0.05, 0.1) is 11.2 Å². The molecule has 2 aliphatic heterocycles. The molecule has 2 saturated heterocycles. The molecule has 8 heteroatoms. The molecular weight excluding hydrogens is 352 g/mol. The number of piperidine rings is 1. The minimum Gasteiger partial charge on any atom is -0.416 e. The second-order valence-corrected chi connectivity index (χ2v) is 8.80. The first-order valence-electron chi connectivity index (χ1n) is 9.56. The second-order valence-electron chi connectivity index (χ2n) is 7.87. The summed E-state index contributed by atoms with van der Waals surface area (Å²) in [5, 5.41) is 8.10. The number of likely N-dealkylation sites (tertiary alicyclic amines) is 2. The van der Waals surface area contributed by atoms with Gasteiger partial charge in [-0.1, -0.05) is 18.2 Å². The molecule has 0 bridgehead atoms. The largest absolute Gasteiger partial charge is 0.416 e. The van der Waals surface area contributed by atoms with Gasteiger partial charge in [-0.05, 0) is 38.0 Å². The Balaban J connectivity index is 1.33. The highest BCUT2D eigenvalue weighted by Gasteiger charge is 2.49. The molecule has 3 aliphatic rings. The average Bonchev–Trinajstić information content (AvgIpc) is 3.20. The number of rotatable bonds is 5. The van der Waals surface area contributed by atoms with Crippen molar-refractivity contribution in [2.75, 3.05) is 31.9 Å². The monoisotopic (exact) mass is 378 g/mol. The standard InChI is InChI=1S/C18H26N4O3S/c1-13-19-20-17(25-13)26-11-15(23)22-9-7-18(12-22)6-3-8-21(16(18)24)10-14-4-2-5-14/h14H,2-12H2,1H3. The van der Waals surface area contributed by atoms with Crippen LogP contribution in [0.5, 0.6) is 0 Å². The molecule has 3 fully saturated rings. The van der Waals surface area contributed by atoms with Crippen molar-refractivity contribution in [2.45, 2.75) is 50.7 Å². The molecule has 1 atom stereocenters. The Hall–Kier alpha value is -1.57. The van der Waals surface area contributed by atoms with E-state index < -0.39 is 0 Å². The van der Waals surface area contributed by atoms with Crippen LogP contribution < -0.4 is 0 Å². The predicted octanol–water partition coefficient (Wildman–Crippen LogP) is 2.11. The van der Waals surface area contributed by atoms with Crippen molar-refractivity contribution in [3.63, 3.8) is 0 Å². The number of carbonyl (C=O) groups excluding carboxylic acids is 2. The minimum absolute atomic E-state index is 0.0478. The van der Waals surface area contributed by atoms with E-state index in [-0.39, 0.29) is 23.0 Å². The normalized spacial score (nSPS) is 26.6. The van der Waals surface area contributed by atoms with Crippen molar-refractivity contribution in [1.29, 1.82) is 0 Å². The Labute approximate surface area is 157 Å². The SMILES string of the molecule is Cc1nnc(SCC(=O)N2CCC3(CCCN(CC4CCC4)C3=O)C2)o1. The van der Waals surface area contributed by atoms with Crippen LogP contribution in [0, 0.1) is 18.3 Å². The molecule has 1 unspecified atom stereocenters. The molecule has 1 aliphatic carbocycles. The molecule has 1 spiro atoms. The van der Waals surface area contributed by atoms with Gasteiger partial charge in [-0.2, -0.15) is 0 Å². The molecule has 1 aromatic rings. The lowest BCUT2D eigenvalue weighted by atomic mass is 9.77. The zero-order chi connectivity index (χ0) is 18.1.